The second-order valence-electron chi connectivity index (χ2n) is 7.81. The number of carbonyl (C=O) groups excluding carboxylic acids is 1. The maximum atomic E-state index is 14.8. The van der Waals surface area contributed by atoms with Crippen molar-refractivity contribution in [3.8, 4) is 23.0 Å². The number of benzene rings is 1. The molecule has 1 aromatic carbocycles. The Bertz CT molecular complexity index is 1280. The summed E-state index contributed by atoms with van der Waals surface area (Å²) in [6, 6.07) is 4.98. The number of ether oxygens (including phenoxy) is 3. The van der Waals surface area contributed by atoms with Gasteiger partial charge in [-0.15, -0.1) is 0 Å². The lowest BCUT2D eigenvalue weighted by Gasteiger charge is -2.22. The lowest BCUT2D eigenvalue weighted by molar-refractivity contribution is -0.389. The highest BCUT2D eigenvalue weighted by Gasteiger charge is 2.33. The van der Waals surface area contributed by atoms with Crippen molar-refractivity contribution in [1.29, 1.82) is 0 Å². The van der Waals surface area contributed by atoms with Gasteiger partial charge in [-0.05, 0) is 23.1 Å². The highest BCUT2D eigenvalue weighted by molar-refractivity contribution is 5.90. The molecule has 35 heavy (non-hydrogen) atoms. The summed E-state index contributed by atoms with van der Waals surface area (Å²) >= 11 is 0. The number of pyridine rings is 1. The van der Waals surface area contributed by atoms with Gasteiger partial charge < -0.3 is 29.4 Å². The van der Waals surface area contributed by atoms with Gasteiger partial charge in [0.15, 0.2) is 6.10 Å². The number of fused-ring (bicyclic) bond motifs is 1. The van der Waals surface area contributed by atoms with Crippen LogP contribution in [0.1, 0.15) is 0 Å². The fourth-order valence-corrected chi connectivity index (χ4v) is 3.82. The quantitative estimate of drug-likeness (QED) is 0.408. The van der Waals surface area contributed by atoms with E-state index in [1.807, 2.05) is 0 Å². The van der Waals surface area contributed by atoms with Crippen LogP contribution in [0, 0.1) is 21.7 Å². The Hall–Kier alpha value is -4.33. The molecule has 0 spiro atoms. The van der Waals surface area contributed by atoms with Crippen LogP contribution >= 0.6 is 0 Å². The van der Waals surface area contributed by atoms with Gasteiger partial charge in [0.2, 0.25) is 5.88 Å². The highest BCUT2D eigenvalue weighted by Crippen LogP contribution is 2.32. The average molecular weight is 489 g/mol. The molecule has 4 heterocycles. The zero-order valence-electron chi connectivity index (χ0n) is 17.8. The summed E-state index contributed by atoms with van der Waals surface area (Å²) < 4.78 is 47.1. The second-order valence-corrected chi connectivity index (χ2v) is 7.81. The Labute approximate surface area is 195 Å². The van der Waals surface area contributed by atoms with E-state index in [1.54, 1.807) is 0 Å². The summed E-state index contributed by atoms with van der Waals surface area (Å²) in [7, 11) is 0. The first-order valence-corrected chi connectivity index (χ1v) is 10.4. The molecule has 0 radical (unpaired) electrons. The van der Waals surface area contributed by atoms with Crippen molar-refractivity contribution >= 4 is 17.6 Å². The molecule has 2 aliphatic heterocycles. The number of nitro groups is 1. The molecule has 182 valence electrons. The first-order chi connectivity index (χ1) is 16.8. The molecule has 1 amide bonds. The third-order valence-corrected chi connectivity index (χ3v) is 5.44. The molecule has 1 fully saturated rings. The maximum Gasteiger partial charge on any atom is 0.414 e. The van der Waals surface area contributed by atoms with E-state index in [-0.39, 0.29) is 54.2 Å². The number of imidazole rings is 1. The van der Waals surface area contributed by atoms with Crippen molar-refractivity contribution in [3.63, 3.8) is 0 Å². The van der Waals surface area contributed by atoms with Crippen LogP contribution in [0.15, 0.2) is 36.7 Å². The monoisotopic (exact) mass is 489 g/mol. The Morgan fingerprint density at radius 2 is 2.03 bits per heavy atom. The lowest BCUT2D eigenvalue weighted by Crippen LogP contribution is -2.34. The van der Waals surface area contributed by atoms with E-state index in [2.05, 4.69) is 9.97 Å². The standard InChI is InChI=1S/C21H17F2N5O7/c22-15-3-12(27-7-13(9-29)35-21(27)30)4-16(23)19(15)11-1-2-18(24-5-11)34-14-6-26-8-17(28(31)32)25-20(26)33-10-14/h1-5,8,13-14,29H,6-7,9-10H2. The molecular weight excluding hydrogens is 472 g/mol. The second kappa shape index (κ2) is 8.79. The first kappa shape index (κ1) is 22.5. The van der Waals surface area contributed by atoms with Crippen LogP contribution in [-0.4, -0.2) is 62.6 Å². The zero-order chi connectivity index (χ0) is 24.7. The molecule has 2 aromatic heterocycles. The first-order valence-electron chi connectivity index (χ1n) is 10.4. The van der Waals surface area contributed by atoms with Crippen molar-refractivity contribution in [2.75, 3.05) is 24.7 Å². The van der Waals surface area contributed by atoms with E-state index >= 15 is 0 Å². The van der Waals surface area contributed by atoms with Crippen LogP contribution in [0.25, 0.3) is 11.1 Å². The van der Waals surface area contributed by atoms with Crippen LogP contribution in [0.5, 0.6) is 11.9 Å². The topological polar surface area (TPSA) is 142 Å². The number of hydrogen-bond acceptors (Lipinski definition) is 9. The molecule has 0 bridgehead atoms. The molecule has 2 atom stereocenters. The summed E-state index contributed by atoms with van der Waals surface area (Å²) in [5.41, 5.74) is -0.229. The van der Waals surface area contributed by atoms with Crippen LogP contribution in [-0.2, 0) is 11.3 Å². The van der Waals surface area contributed by atoms with Gasteiger partial charge in [-0.25, -0.2) is 18.6 Å². The molecule has 3 aromatic rings. The van der Waals surface area contributed by atoms with E-state index in [0.29, 0.717) is 0 Å². The number of aliphatic hydroxyl groups excluding tert-OH is 1. The molecule has 2 unspecified atom stereocenters. The molecule has 0 saturated carbocycles. The largest absolute Gasteiger partial charge is 0.469 e. The summed E-state index contributed by atoms with van der Waals surface area (Å²) in [5.74, 6) is -2.00. The highest BCUT2D eigenvalue weighted by atomic mass is 19.1. The van der Waals surface area contributed by atoms with Crippen LogP contribution in [0.4, 0.5) is 25.1 Å². The van der Waals surface area contributed by atoms with E-state index in [9.17, 15) is 23.7 Å². The van der Waals surface area contributed by atoms with E-state index in [1.165, 1.54) is 29.1 Å². The van der Waals surface area contributed by atoms with E-state index in [0.717, 1.165) is 17.0 Å². The Morgan fingerprint density at radius 3 is 2.66 bits per heavy atom. The van der Waals surface area contributed by atoms with Crippen molar-refractivity contribution < 1.29 is 37.8 Å². The van der Waals surface area contributed by atoms with E-state index < -0.39 is 41.5 Å². The van der Waals surface area contributed by atoms with Crippen LogP contribution in [0.2, 0.25) is 0 Å². The summed E-state index contributed by atoms with van der Waals surface area (Å²) in [5, 5.41) is 20.0. The van der Waals surface area contributed by atoms with Gasteiger partial charge in [0.1, 0.15) is 30.5 Å². The third-order valence-electron chi connectivity index (χ3n) is 5.44. The molecule has 12 nitrogen and oxygen atoms in total. The Kier molecular flexibility index (Phi) is 5.64. The number of rotatable bonds is 6. The smallest absolute Gasteiger partial charge is 0.414 e. The lowest BCUT2D eigenvalue weighted by atomic mass is 10.1. The molecular formula is C21H17F2N5O7. The SMILES string of the molecule is O=C1OC(CO)CN1c1cc(F)c(-c2ccc(OC3COc4nc([N+](=O)[O-])cn4C3)nc2)c(F)c1. The predicted molar refractivity (Wildman–Crippen MR) is 113 cm³/mol. The van der Waals surface area contributed by atoms with Gasteiger partial charge in [0, 0.05) is 22.8 Å². The number of anilines is 1. The molecule has 1 saturated heterocycles. The minimum absolute atomic E-state index is 0.0278. The molecule has 1 N–H and O–H groups in total. The number of hydrogen-bond donors (Lipinski definition) is 1. The normalized spacial score (nSPS) is 19.2. The van der Waals surface area contributed by atoms with Gasteiger partial charge >= 0.3 is 17.9 Å². The van der Waals surface area contributed by atoms with Crippen LogP contribution in [0.3, 0.4) is 0 Å². The molecule has 0 aliphatic carbocycles. The summed E-state index contributed by atoms with van der Waals surface area (Å²) in [4.78, 5) is 31.0. The summed E-state index contributed by atoms with van der Waals surface area (Å²) in [6.07, 6.45) is 0.380. The third kappa shape index (κ3) is 4.30. The molecule has 5 rings (SSSR count). The number of carbonyl (C=O) groups is 1. The number of halogens is 2. The number of nitrogens with zero attached hydrogens (tertiary/aromatic N) is 5. The van der Waals surface area contributed by atoms with Gasteiger partial charge in [0.25, 0.3) is 0 Å². The van der Waals surface area contributed by atoms with Gasteiger partial charge in [-0.1, -0.05) is 0 Å². The minimum atomic E-state index is -0.911. The number of amides is 1. The average Bonchev–Trinajstić information content (AvgIpc) is 3.43. The zero-order valence-corrected chi connectivity index (χ0v) is 17.8. The van der Waals surface area contributed by atoms with Crippen molar-refractivity contribution in [2.24, 2.45) is 0 Å². The fraction of sp³-hybridized carbons (Fsp3) is 0.286. The van der Waals surface area contributed by atoms with Crippen molar-refractivity contribution in [3.05, 3.63) is 58.4 Å². The van der Waals surface area contributed by atoms with Gasteiger partial charge in [-0.3, -0.25) is 9.47 Å². The minimum Gasteiger partial charge on any atom is -0.469 e. The van der Waals surface area contributed by atoms with Crippen molar-refractivity contribution in [2.45, 2.75) is 18.8 Å². The van der Waals surface area contributed by atoms with Gasteiger partial charge in [0.05, 0.1) is 30.9 Å². The Morgan fingerprint density at radius 1 is 1.26 bits per heavy atom. The molecule has 2 aliphatic rings. The molecule has 14 heteroatoms. The Balaban J connectivity index is 1.30. The number of aliphatic hydroxyl groups is 1. The number of aromatic nitrogens is 3. The van der Waals surface area contributed by atoms with Crippen LogP contribution < -0.4 is 14.4 Å². The number of cyclic esters (lactones) is 1. The fourth-order valence-electron chi connectivity index (χ4n) is 3.82. The summed E-state index contributed by atoms with van der Waals surface area (Å²) in [6.45, 7) is -0.111. The van der Waals surface area contributed by atoms with Crippen molar-refractivity contribution in [1.82, 2.24) is 14.5 Å². The van der Waals surface area contributed by atoms with Gasteiger partial charge in [-0.2, -0.15) is 0 Å². The maximum absolute atomic E-state index is 14.8. The predicted octanol–water partition coefficient (Wildman–Crippen LogP) is 2.29. The van der Waals surface area contributed by atoms with E-state index in [4.69, 9.17) is 19.3 Å².